The van der Waals surface area contributed by atoms with Gasteiger partial charge in [0.05, 0.1) is 11.0 Å². The molecule has 4 nitrogen and oxygen atoms in total. The van der Waals surface area contributed by atoms with Gasteiger partial charge in [-0.2, -0.15) is 0 Å². The first kappa shape index (κ1) is 13.7. The van der Waals surface area contributed by atoms with E-state index in [2.05, 4.69) is 11.8 Å². The Morgan fingerprint density at radius 1 is 1.33 bits per heavy atom. The molecule has 2 rings (SSSR count). The summed E-state index contributed by atoms with van der Waals surface area (Å²) in [5.41, 5.74) is 5.82. The quantitative estimate of drug-likeness (QED) is 0.756. The summed E-state index contributed by atoms with van der Waals surface area (Å²) in [7, 11) is 0. The van der Waals surface area contributed by atoms with Crippen molar-refractivity contribution in [3.05, 3.63) is 0 Å². The van der Waals surface area contributed by atoms with Gasteiger partial charge in [-0.1, -0.05) is 25.6 Å². The van der Waals surface area contributed by atoms with E-state index in [1.165, 1.54) is 0 Å². The van der Waals surface area contributed by atoms with Gasteiger partial charge >= 0.3 is 0 Å². The second-order valence-electron chi connectivity index (χ2n) is 5.34. The molecular weight excluding hydrogens is 246 g/mol. The Balaban J connectivity index is 1.84. The number of nitrogens with two attached hydrogens (primary N) is 1. The Hall–Kier alpha value is -0.680. The SMILES string of the molecule is CCCC(C(N)=S)N1CCN(C(=O)C2CC2)CC1. The maximum Gasteiger partial charge on any atom is 0.225 e. The van der Waals surface area contributed by atoms with Crippen LogP contribution in [-0.4, -0.2) is 52.9 Å². The van der Waals surface area contributed by atoms with Crippen molar-refractivity contribution < 1.29 is 4.79 Å². The molecule has 1 amide bonds. The van der Waals surface area contributed by atoms with Crippen LogP contribution < -0.4 is 5.73 Å². The minimum atomic E-state index is 0.211. The highest BCUT2D eigenvalue weighted by atomic mass is 32.1. The Morgan fingerprint density at radius 2 is 1.94 bits per heavy atom. The topological polar surface area (TPSA) is 49.6 Å². The van der Waals surface area contributed by atoms with Gasteiger partial charge < -0.3 is 10.6 Å². The largest absolute Gasteiger partial charge is 0.392 e. The summed E-state index contributed by atoms with van der Waals surface area (Å²) in [6.07, 6.45) is 4.28. The van der Waals surface area contributed by atoms with Crippen molar-refractivity contribution >= 4 is 23.1 Å². The van der Waals surface area contributed by atoms with Gasteiger partial charge in [0.15, 0.2) is 0 Å². The summed E-state index contributed by atoms with van der Waals surface area (Å²) in [4.78, 5) is 16.9. The van der Waals surface area contributed by atoms with Crippen LogP contribution in [0, 0.1) is 5.92 Å². The van der Waals surface area contributed by atoms with Crippen molar-refractivity contribution in [2.45, 2.75) is 38.6 Å². The van der Waals surface area contributed by atoms with E-state index in [-0.39, 0.29) is 6.04 Å². The molecule has 1 saturated carbocycles. The molecule has 2 fully saturated rings. The van der Waals surface area contributed by atoms with E-state index >= 15 is 0 Å². The molecule has 0 aromatic heterocycles. The maximum absolute atomic E-state index is 12.0. The van der Waals surface area contributed by atoms with E-state index in [4.69, 9.17) is 18.0 Å². The standard InChI is InChI=1S/C13H23N3OS/c1-2-3-11(12(14)18)15-6-8-16(9-7-15)13(17)10-4-5-10/h10-11H,2-9H2,1H3,(H2,14,18). The molecule has 1 atom stereocenters. The number of piperazine rings is 1. The molecule has 0 aromatic rings. The Kier molecular flexibility index (Phi) is 4.56. The highest BCUT2D eigenvalue weighted by Crippen LogP contribution is 2.31. The summed E-state index contributed by atoms with van der Waals surface area (Å²) >= 11 is 5.15. The van der Waals surface area contributed by atoms with Crippen LogP contribution in [0.4, 0.5) is 0 Å². The highest BCUT2D eigenvalue weighted by molar-refractivity contribution is 7.80. The van der Waals surface area contributed by atoms with Gasteiger partial charge in [-0.3, -0.25) is 9.69 Å². The normalized spacial score (nSPS) is 22.8. The average Bonchev–Trinajstić information content (AvgIpc) is 3.19. The summed E-state index contributed by atoms with van der Waals surface area (Å²) in [6, 6.07) is 0.211. The Labute approximate surface area is 114 Å². The van der Waals surface area contributed by atoms with Crippen LogP contribution in [0.15, 0.2) is 0 Å². The molecule has 2 N–H and O–H groups in total. The zero-order chi connectivity index (χ0) is 13.1. The van der Waals surface area contributed by atoms with Crippen LogP contribution in [0.3, 0.4) is 0 Å². The zero-order valence-electron chi connectivity index (χ0n) is 11.1. The van der Waals surface area contributed by atoms with E-state index in [1.807, 2.05) is 4.90 Å². The lowest BCUT2D eigenvalue weighted by molar-refractivity contribution is -0.134. The molecule has 1 saturated heterocycles. The fourth-order valence-electron chi connectivity index (χ4n) is 2.62. The van der Waals surface area contributed by atoms with Gasteiger partial charge in [-0.15, -0.1) is 0 Å². The fraction of sp³-hybridized carbons (Fsp3) is 0.846. The third-order valence-electron chi connectivity index (χ3n) is 3.88. The van der Waals surface area contributed by atoms with E-state index in [1.54, 1.807) is 0 Å². The van der Waals surface area contributed by atoms with Crippen LogP contribution in [0.5, 0.6) is 0 Å². The Bertz CT molecular complexity index is 322. The number of thiocarbonyl (C=S) groups is 1. The van der Waals surface area contributed by atoms with Crippen LogP contribution >= 0.6 is 12.2 Å². The minimum absolute atomic E-state index is 0.211. The summed E-state index contributed by atoms with van der Waals surface area (Å²) in [5.74, 6) is 0.690. The lowest BCUT2D eigenvalue weighted by Crippen LogP contribution is -2.55. The molecule has 2 aliphatic rings. The highest BCUT2D eigenvalue weighted by Gasteiger charge is 2.35. The first-order chi connectivity index (χ1) is 8.63. The molecule has 0 bridgehead atoms. The van der Waals surface area contributed by atoms with Crippen molar-refractivity contribution in [3.8, 4) is 0 Å². The fourth-order valence-corrected chi connectivity index (χ4v) is 2.89. The predicted octanol–water partition coefficient (Wildman–Crippen LogP) is 0.995. The van der Waals surface area contributed by atoms with Crippen molar-refractivity contribution in [3.63, 3.8) is 0 Å². The molecule has 5 heteroatoms. The molecule has 0 aromatic carbocycles. The second-order valence-corrected chi connectivity index (χ2v) is 5.81. The molecule has 0 spiro atoms. The molecule has 102 valence electrons. The van der Waals surface area contributed by atoms with E-state index in [0.717, 1.165) is 51.9 Å². The number of carbonyl (C=O) groups is 1. The van der Waals surface area contributed by atoms with Crippen LogP contribution in [0.2, 0.25) is 0 Å². The number of hydrogen-bond donors (Lipinski definition) is 1. The molecule has 0 radical (unpaired) electrons. The summed E-state index contributed by atoms with van der Waals surface area (Å²) in [6.45, 7) is 5.62. The average molecular weight is 269 g/mol. The second kappa shape index (κ2) is 5.97. The molecule has 1 heterocycles. The smallest absolute Gasteiger partial charge is 0.225 e. The van der Waals surface area contributed by atoms with E-state index < -0.39 is 0 Å². The zero-order valence-corrected chi connectivity index (χ0v) is 11.9. The van der Waals surface area contributed by atoms with Crippen molar-refractivity contribution in [1.82, 2.24) is 9.80 Å². The molecule has 1 unspecified atom stereocenters. The Morgan fingerprint density at radius 3 is 2.39 bits per heavy atom. The lowest BCUT2D eigenvalue weighted by Gasteiger charge is -2.39. The predicted molar refractivity (Wildman–Crippen MR) is 76.4 cm³/mol. The van der Waals surface area contributed by atoms with Crippen molar-refractivity contribution in [2.24, 2.45) is 11.7 Å². The molecule has 1 aliphatic heterocycles. The van der Waals surface area contributed by atoms with Crippen molar-refractivity contribution in [2.75, 3.05) is 26.2 Å². The molecular formula is C13H23N3OS. The third-order valence-corrected chi connectivity index (χ3v) is 4.16. The number of nitrogens with zero attached hydrogens (tertiary/aromatic N) is 2. The molecule has 1 aliphatic carbocycles. The monoisotopic (exact) mass is 269 g/mol. The van der Waals surface area contributed by atoms with Crippen LogP contribution in [-0.2, 0) is 4.79 Å². The van der Waals surface area contributed by atoms with Gasteiger partial charge in [0.1, 0.15) is 0 Å². The third kappa shape index (κ3) is 3.20. The lowest BCUT2D eigenvalue weighted by atomic mass is 10.1. The van der Waals surface area contributed by atoms with Crippen LogP contribution in [0.1, 0.15) is 32.6 Å². The van der Waals surface area contributed by atoms with Gasteiger partial charge in [0.2, 0.25) is 5.91 Å². The van der Waals surface area contributed by atoms with Gasteiger partial charge in [-0.05, 0) is 19.3 Å². The number of rotatable bonds is 5. The van der Waals surface area contributed by atoms with Crippen molar-refractivity contribution in [1.29, 1.82) is 0 Å². The maximum atomic E-state index is 12.0. The number of amides is 1. The van der Waals surface area contributed by atoms with Gasteiger partial charge in [-0.25, -0.2) is 0 Å². The van der Waals surface area contributed by atoms with E-state index in [9.17, 15) is 4.79 Å². The summed E-state index contributed by atoms with van der Waals surface area (Å²) in [5, 5.41) is 0. The minimum Gasteiger partial charge on any atom is -0.392 e. The number of hydrogen-bond acceptors (Lipinski definition) is 3. The first-order valence-electron chi connectivity index (χ1n) is 6.95. The van der Waals surface area contributed by atoms with Gasteiger partial charge in [0.25, 0.3) is 0 Å². The van der Waals surface area contributed by atoms with Crippen LogP contribution in [0.25, 0.3) is 0 Å². The summed E-state index contributed by atoms with van der Waals surface area (Å²) < 4.78 is 0. The number of carbonyl (C=O) groups excluding carboxylic acids is 1. The van der Waals surface area contributed by atoms with Gasteiger partial charge in [0, 0.05) is 32.1 Å². The first-order valence-corrected chi connectivity index (χ1v) is 7.36. The molecule has 18 heavy (non-hydrogen) atoms. The van der Waals surface area contributed by atoms with E-state index in [0.29, 0.717) is 16.8 Å².